The van der Waals surface area contributed by atoms with Crippen molar-refractivity contribution in [3.8, 4) is 18.3 Å². The van der Waals surface area contributed by atoms with E-state index in [2.05, 4.69) is 0 Å². The van der Waals surface area contributed by atoms with Crippen LogP contribution in [0.1, 0.15) is 0 Å². The molecule has 0 saturated heterocycles. The molecular weight excluding hydrogens is 88.1 g/mol. The Hall–Kier alpha value is -1.52. The Morgan fingerprint density at radius 1 is 0.857 bits per heavy atom. The van der Waals surface area contributed by atoms with Gasteiger partial charge in [-0.25, -0.2) is 0 Å². The average Bonchev–Trinajstić information content (AvgIpc) is 1.72. The largest absolute Gasteiger partial charge is 0.585 e. The van der Waals surface area contributed by atoms with Crippen LogP contribution < -0.4 is 0 Å². The van der Waals surface area contributed by atoms with Crippen molar-refractivity contribution in [1.82, 2.24) is 0 Å². The van der Waals surface area contributed by atoms with Crippen molar-refractivity contribution >= 4 is 0 Å². The van der Waals surface area contributed by atoms with Crippen LogP contribution in [0.4, 0.5) is 0 Å². The summed E-state index contributed by atoms with van der Waals surface area (Å²) in [5.41, 5.74) is 0. The molecule has 7 heavy (non-hydrogen) atoms. The monoisotopic (exact) mass is 88.0 g/mol. The van der Waals surface area contributed by atoms with Gasteiger partial charge in [0.25, 0.3) is 0 Å². The van der Waals surface area contributed by atoms with Crippen molar-refractivity contribution in [1.29, 1.82) is 0 Å². The van der Waals surface area contributed by atoms with Crippen molar-refractivity contribution < 1.29 is 4.37 Å². The third-order valence-corrected chi connectivity index (χ3v) is 0.306. The number of rotatable bonds is 0. The van der Waals surface area contributed by atoms with Crippen LogP contribution in [-0.4, -0.2) is 0 Å². The van der Waals surface area contributed by atoms with E-state index in [4.69, 9.17) is 19.3 Å². The maximum Gasteiger partial charge on any atom is 0.0633 e. The quantitative estimate of drug-likeness (QED) is 0.226. The molecule has 1 nitrogen and oxygen atoms in total. The zero-order chi connectivity index (χ0) is 5.70. The fourth-order valence-corrected chi connectivity index (χ4v) is 0.0765. The van der Waals surface area contributed by atoms with Gasteiger partial charge in [0.1, 0.15) is 0 Å². The molecule has 0 radical (unpaired) electrons. The van der Waals surface area contributed by atoms with Gasteiger partial charge in [0.15, 0.2) is 0 Å². The van der Waals surface area contributed by atoms with E-state index in [1.54, 1.807) is 18.3 Å². The van der Waals surface area contributed by atoms with E-state index in [0.29, 0.717) is 0 Å². The highest BCUT2D eigenvalue weighted by molar-refractivity contribution is 4.88. The fraction of sp³-hybridized carbons (Fsp3) is 0. The summed E-state index contributed by atoms with van der Waals surface area (Å²) in [4.78, 5) is 0. The molecule has 0 aliphatic carbocycles. The van der Waals surface area contributed by atoms with Gasteiger partial charge in [-0.15, -0.1) is 0 Å². The third-order valence-electron chi connectivity index (χ3n) is 0.306. The van der Waals surface area contributed by atoms with Crippen LogP contribution in [0.2, 0.25) is 0 Å². The Kier molecular flexibility index (Phi) is 2.12. The van der Waals surface area contributed by atoms with Crippen LogP contribution in [0.5, 0.6) is 0 Å². The van der Waals surface area contributed by atoms with E-state index < -0.39 is 0 Å². The first-order chi connectivity index (χ1) is 3.35. The lowest BCUT2D eigenvalue weighted by Crippen LogP contribution is -1.85. The summed E-state index contributed by atoms with van der Waals surface area (Å²) in [5.74, 6) is 0. The predicted molar refractivity (Wildman–Crippen MR) is 22.5 cm³/mol. The molecule has 32 valence electrons. The lowest BCUT2D eigenvalue weighted by atomic mass is 11.1. The summed E-state index contributed by atoms with van der Waals surface area (Å²) in [5, 5.41) is 0. The van der Waals surface area contributed by atoms with Crippen LogP contribution in [-0.2, 0) is 4.37 Å². The Morgan fingerprint density at radius 2 is 1.14 bits per heavy atom. The van der Waals surface area contributed by atoms with Gasteiger partial charge in [-0.2, -0.15) is 0 Å². The molecule has 0 N–H and O–H groups in total. The van der Waals surface area contributed by atoms with Gasteiger partial charge in [0.2, 0.25) is 0 Å². The molecule has 0 rings (SSSR count). The summed E-state index contributed by atoms with van der Waals surface area (Å²) in [6.45, 7) is 0. The zero-order valence-corrected chi connectivity index (χ0v) is 3.41. The van der Waals surface area contributed by atoms with E-state index in [1.165, 1.54) is 4.37 Å². The minimum Gasteiger partial charge on any atom is -0.585 e. The normalized spacial score (nSPS) is 4.71. The molecule has 0 aliphatic rings. The molecule has 0 amide bonds. The molecular formula is C6O-2. The molecule has 0 fully saturated rings. The van der Waals surface area contributed by atoms with Gasteiger partial charge < -0.3 is 23.6 Å². The Labute approximate surface area is 43.0 Å². The van der Waals surface area contributed by atoms with Gasteiger partial charge in [-0.3, -0.25) is 0 Å². The molecule has 0 unspecified atom stereocenters. The Balaban J connectivity index is 3.82. The lowest BCUT2D eigenvalue weighted by Gasteiger charge is -2.04. The molecule has 0 spiro atoms. The highest BCUT2D eigenvalue weighted by Gasteiger charge is 1.65. The Morgan fingerprint density at radius 3 is 1.14 bits per heavy atom. The number of hydrogen-bond donors (Lipinski definition) is 0. The summed E-state index contributed by atoms with van der Waals surface area (Å²) < 4.78 is 1.32. The van der Waals surface area contributed by atoms with E-state index in [0.717, 1.165) is 0 Å². The van der Waals surface area contributed by atoms with E-state index in [9.17, 15) is 0 Å². The standard InChI is InChI=1S/C6O/c1-4-7(5-2)6-3/q-2. The predicted octanol–water partition coefficient (Wildman–Crippen LogP) is 0.181. The molecule has 0 aromatic heterocycles. The highest BCUT2D eigenvalue weighted by Crippen LogP contribution is 1.80. The van der Waals surface area contributed by atoms with Crippen LogP contribution in [0.3, 0.4) is 0 Å². The summed E-state index contributed by atoms with van der Waals surface area (Å²) in [7, 11) is 0. The maximum atomic E-state index is 6.23. The van der Waals surface area contributed by atoms with Crippen LogP contribution >= 0.6 is 0 Å². The van der Waals surface area contributed by atoms with Gasteiger partial charge in [-0.1, -0.05) is 0 Å². The van der Waals surface area contributed by atoms with Crippen molar-refractivity contribution in [3.63, 3.8) is 0 Å². The lowest BCUT2D eigenvalue weighted by molar-refractivity contribution is 0.238. The number of hydrogen-bond acceptors (Lipinski definition) is 0. The minimum absolute atomic E-state index is 1.32. The van der Waals surface area contributed by atoms with E-state index >= 15 is 0 Å². The summed E-state index contributed by atoms with van der Waals surface area (Å²) in [6, 6.07) is 0. The first-order valence-corrected chi connectivity index (χ1v) is 1.36. The molecule has 1 heteroatoms. The SMILES string of the molecule is [C-]#C[O+](C#[C-])C#[C-]. The first-order valence-electron chi connectivity index (χ1n) is 1.36. The van der Waals surface area contributed by atoms with Gasteiger partial charge in [0, 0.05) is 0 Å². The van der Waals surface area contributed by atoms with Gasteiger partial charge in [0.05, 0.1) is 18.3 Å². The molecule has 0 atom stereocenters. The van der Waals surface area contributed by atoms with Crippen LogP contribution in [0.25, 0.3) is 0 Å². The first kappa shape index (κ1) is 5.48. The molecule has 0 bridgehead atoms. The van der Waals surface area contributed by atoms with Crippen molar-refractivity contribution in [3.05, 3.63) is 19.3 Å². The zero-order valence-electron chi connectivity index (χ0n) is 3.41. The van der Waals surface area contributed by atoms with Gasteiger partial charge >= 0.3 is 0 Å². The smallest absolute Gasteiger partial charge is 0.0633 e. The van der Waals surface area contributed by atoms with Crippen LogP contribution in [0.15, 0.2) is 0 Å². The van der Waals surface area contributed by atoms with Crippen molar-refractivity contribution in [2.75, 3.05) is 0 Å². The average molecular weight is 88.1 g/mol. The minimum atomic E-state index is 1.32. The van der Waals surface area contributed by atoms with Gasteiger partial charge in [-0.05, 0) is 0 Å². The van der Waals surface area contributed by atoms with Crippen molar-refractivity contribution in [2.45, 2.75) is 0 Å². The molecule has 0 aromatic carbocycles. The molecule has 0 heterocycles. The molecule has 0 saturated carbocycles. The van der Waals surface area contributed by atoms with E-state index in [-0.39, 0.29) is 0 Å². The Bertz CT molecular complexity index is 127. The molecule has 0 aliphatic heterocycles. The third kappa shape index (κ3) is 1.37. The summed E-state index contributed by atoms with van der Waals surface area (Å²) >= 11 is 0. The van der Waals surface area contributed by atoms with Crippen molar-refractivity contribution in [2.24, 2.45) is 0 Å². The highest BCUT2D eigenvalue weighted by atomic mass is 16.7. The molecule has 0 aromatic rings. The second-order valence-electron chi connectivity index (χ2n) is 0.612. The second kappa shape index (κ2) is 2.70. The fourth-order valence-electron chi connectivity index (χ4n) is 0.0765. The van der Waals surface area contributed by atoms with Crippen LogP contribution in [0, 0.1) is 37.6 Å². The topological polar surface area (TPSA) is 2.70 Å². The second-order valence-corrected chi connectivity index (χ2v) is 0.612. The summed E-state index contributed by atoms with van der Waals surface area (Å²) in [6.07, 6.45) is 23.5. The van der Waals surface area contributed by atoms with E-state index in [1.807, 2.05) is 0 Å². The maximum absolute atomic E-state index is 6.23.